The lowest BCUT2D eigenvalue weighted by Crippen LogP contribution is -2.48. The van der Waals surface area contributed by atoms with Gasteiger partial charge in [0.15, 0.2) is 0 Å². The minimum Gasteiger partial charge on any atom is -0.394 e. The summed E-state index contributed by atoms with van der Waals surface area (Å²) in [6, 6.07) is 3.33. The zero-order chi connectivity index (χ0) is 14.9. The molecule has 2 unspecified atom stereocenters. The van der Waals surface area contributed by atoms with Gasteiger partial charge in [0.1, 0.15) is 0 Å². The quantitative estimate of drug-likeness (QED) is 0.672. The Hall–Kier alpha value is -1.18. The summed E-state index contributed by atoms with van der Waals surface area (Å²) >= 11 is 3.40. The van der Waals surface area contributed by atoms with E-state index in [4.69, 9.17) is 4.74 Å². The number of ether oxygens (including phenoxy) is 1. The molecule has 1 N–H and O–H groups in total. The molecule has 0 spiro atoms. The summed E-state index contributed by atoms with van der Waals surface area (Å²) in [5.74, 6) is 0. The number of aliphatic hydroxyl groups excluding tert-OH is 1. The topological polar surface area (TPSA) is 75.8 Å². The van der Waals surface area contributed by atoms with Crippen LogP contribution in [0.25, 0.3) is 0 Å². The van der Waals surface area contributed by atoms with Crippen molar-refractivity contribution >= 4 is 27.3 Å². The fraction of sp³-hybridized carbons (Fsp3) is 0.538. The maximum Gasteiger partial charge on any atom is 0.273 e. The van der Waals surface area contributed by atoms with Gasteiger partial charge >= 0.3 is 0 Å². The van der Waals surface area contributed by atoms with Crippen molar-refractivity contribution in [1.29, 1.82) is 0 Å². The molecule has 1 heterocycles. The summed E-state index contributed by atoms with van der Waals surface area (Å²) in [6.07, 6.45) is -0.232. The third-order valence-electron chi connectivity index (χ3n) is 3.33. The normalized spacial score (nSPS) is 22.9. The van der Waals surface area contributed by atoms with Crippen molar-refractivity contribution in [2.45, 2.75) is 26.1 Å². The average Bonchev–Trinajstić information content (AvgIpc) is 2.39. The lowest BCUT2D eigenvalue weighted by molar-refractivity contribution is -0.385. The number of nitro groups is 1. The molecule has 1 aliphatic rings. The van der Waals surface area contributed by atoms with E-state index in [0.29, 0.717) is 23.1 Å². The first-order valence-corrected chi connectivity index (χ1v) is 7.17. The molecule has 7 heteroatoms. The van der Waals surface area contributed by atoms with E-state index >= 15 is 0 Å². The van der Waals surface area contributed by atoms with Crippen molar-refractivity contribution in [3.8, 4) is 0 Å². The van der Waals surface area contributed by atoms with Crippen molar-refractivity contribution in [3.63, 3.8) is 0 Å². The second kappa shape index (κ2) is 6.07. The first kappa shape index (κ1) is 15.2. The number of nitro benzene ring substituents is 1. The number of nitrogens with zero attached hydrogens (tertiary/aromatic N) is 2. The van der Waals surface area contributed by atoms with Crippen LogP contribution in [0, 0.1) is 17.0 Å². The van der Waals surface area contributed by atoms with Crippen LogP contribution in [0.15, 0.2) is 16.6 Å². The summed E-state index contributed by atoms with van der Waals surface area (Å²) in [5.41, 5.74) is 1.61. The van der Waals surface area contributed by atoms with Crippen molar-refractivity contribution in [2.75, 3.05) is 24.6 Å². The number of morpholine rings is 1. The fourth-order valence-corrected chi connectivity index (χ4v) is 3.02. The van der Waals surface area contributed by atoms with E-state index in [2.05, 4.69) is 20.8 Å². The van der Waals surface area contributed by atoms with Crippen LogP contribution >= 0.6 is 15.9 Å². The minimum atomic E-state index is -0.387. The van der Waals surface area contributed by atoms with Gasteiger partial charge in [-0.25, -0.2) is 0 Å². The van der Waals surface area contributed by atoms with Crippen LogP contribution < -0.4 is 4.90 Å². The number of hydrogen-bond donors (Lipinski definition) is 1. The highest BCUT2D eigenvalue weighted by Gasteiger charge is 2.27. The molecule has 0 aliphatic carbocycles. The Balaban J connectivity index is 2.32. The smallest absolute Gasteiger partial charge is 0.273 e. The largest absolute Gasteiger partial charge is 0.394 e. The summed E-state index contributed by atoms with van der Waals surface area (Å²) in [4.78, 5) is 12.6. The molecule has 2 rings (SSSR count). The molecule has 20 heavy (non-hydrogen) atoms. The summed E-state index contributed by atoms with van der Waals surface area (Å²) in [5, 5.41) is 20.2. The molecule has 1 fully saturated rings. The Morgan fingerprint density at radius 2 is 2.25 bits per heavy atom. The molecular formula is C13H17BrN2O4. The van der Waals surface area contributed by atoms with Gasteiger partial charge in [-0.2, -0.15) is 0 Å². The van der Waals surface area contributed by atoms with Gasteiger partial charge in [0.2, 0.25) is 0 Å². The van der Waals surface area contributed by atoms with E-state index in [1.54, 1.807) is 13.0 Å². The van der Waals surface area contributed by atoms with Crippen molar-refractivity contribution in [1.82, 2.24) is 0 Å². The number of anilines is 1. The third-order valence-corrected chi connectivity index (χ3v) is 3.97. The molecule has 1 saturated heterocycles. The van der Waals surface area contributed by atoms with Gasteiger partial charge in [0.25, 0.3) is 5.69 Å². The van der Waals surface area contributed by atoms with Crippen LogP contribution in [0.3, 0.4) is 0 Å². The molecule has 1 aromatic rings. The number of halogens is 1. The number of hydrogen-bond acceptors (Lipinski definition) is 5. The second-order valence-electron chi connectivity index (χ2n) is 5.00. The third kappa shape index (κ3) is 3.11. The Morgan fingerprint density at radius 1 is 1.55 bits per heavy atom. The van der Waals surface area contributed by atoms with E-state index < -0.39 is 0 Å². The summed E-state index contributed by atoms with van der Waals surface area (Å²) < 4.78 is 6.29. The Kier molecular flexibility index (Phi) is 4.62. The van der Waals surface area contributed by atoms with Gasteiger partial charge in [0.05, 0.1) is 29.4 Å². The lowest BCUT2D eigenvalue weighted by Gasteiger charge is -2.38. The van der Waals surface area contributed by atoms with Gasteiger partial charge in [-0.05, 0) is 35.8 Å². The predicted molar refractivity (Wildman–Crippen MR) is 79.2 cm³/mol. The SMILES string of the molecule is Cc1cc(N2CC(C)OC(CO)C2)c(Br)cc1[N+](=O)[O-]. The molecule has 6 nitrogen and oxygen atoms in total. The number of rotatable bonds is 3. The van der Waals surface area contributed by atoms with E-state index in [1.165, 1.54) is 6.07 Å². The van der Waals surface area contributed by atoms with Gasteiger partial charge in [0, 0.05) is 29.2 Å². The molecule has 0 amide bonds. The lowest BCUT2D eigenvalue weighted by atomic mass is 10.1. The average molecular weight is 345 g/mol. The molecule has 1 aliphatic heterocycles. The highest BCUT2D eigenvalue weighted by molar-refractivity contribution is 9.10. The molecule has 2 atom stereocenters. The second-order valence-corrected chi connectivity index (χ2v) is 5.86. The molecule has 0 saturated carbocycles. The van der Waals surface area contributed by atoms with Gasteiger partial charge in [-0.15, -0.1) is 0 Å². The molecular weight excluding hydrogens is 328 g/mol. The van der Waals surface area contributed by atoms with Crippen molar-refractivity contribution < 1.29 is 14.8 Å². The van der Waals surface area contributed by atoms with Crippen LogP contribution in [-0.4, -0.2) is 41.9 Å². The highest BCUT2D eigenvalue weighted by atomic mass is 79.9. The van der Waals surface area contributed by atoms with Gasteiger partial charge < -0.3 is 14.7 Å². The fourth-order valence-electron chi connectivity index (χ4n) is 2.44. The molecule has 0 radical (unpaired) electrons. The van der Waals surface area contributed by atoms with Crippen LogP contribution in [0.5, 0.6) is 0 Å². The zero-order valence-corrected chi connectivity index (χ0v) is 13.0. The van der Waals surface area contributed by atoms with E-state index in [9.17, 15) is 15.2 Å². The van der Waals surface area contributed by atoms with E-state index in [1.807, 2.05) is 6.92 Å². The number of benzene rings is 1. The predicted octanol–water partition coefficient (Wildman–Crippen LogP) is 2.25. The number of aryl methyl sites for hydroxylation is 1. The van der Waals surface area contributed by atoms with Crippen LogP contribution in [-0.2, 0) is 4.74 Å². The summed E-state index contributed by atoms with van der Waals surface area (Å²) in [6.45, 7) is 4.88. The number of aliphatic hydroxyl groups is 1. The standard InChI is InChI=1S/C13H17BrN2O4/c1-8-3-13(11(14)4-12(8)16(18)19)15-5-9(2)20-10(6-15)7-17/h3-4,9-10,17H,5-7H2,1-2H3. The Labute approximate surface area is 125 Å². The maximum absolute atomic E-state index is 10.9. The first-order valence-electron chi connectivity index (χ1n) is 6.38. The summed E-state index contributed by atoms with van der Waals surface area (Å²) in [7, 11) is 0. The van der Waals surface area contributed by atoms with Crippen molar-refractivity contribution in [3.05, 3.63) is 32.3 Å². The van der Waals surface area contributed by atoms with Crippen LogP contribution in [0.2, 0.25) is 0 Å². The Bertz CT molecular complexity index is 523. The van der Waals surface area contributed by atoms with Crippen molar-refractivity contribution in [2.24, 2.45) is 0 Å². The zero-order valence-electron chi connectivity index (χ0n) is 11.4. The maximum atomic E-state index is 10.9. The monoisotopic (exact) mass is 344 g/mol. The van der Waals surface area contributed by atoms with Gasteiger partial charge in [-0.1, -0.05) is 0 Å². The molecule has 0 aromatic heterocycles. The van der Waals surface area contributed by atoms with E-state index in [0.717, 1.165) is 5.69 Å². The Morgan fingerprint density at radius 3 is 2.85 bits per heavy atom. The first-order chi connectivity index (χ1) is 9.42. The minimum absolute atomic E-state index is 0.00305. The van der Waals surface area contributed by atoms with Gasteiger partial charge in [-0.3, -0.25) is 10.1 Å². The molecule has 1 aromatic carbocycles. The molecule has 0 bridgehead atoms. The van der Waals surface area contributed by atoms with Crippen LogP contribution in [0.1, 0.15) is 12.5 Å². The van der Waals surface area contributed by atoms with Crippen LogP contribution in [0.4, 0.5) is 11.4 Å². The molecule has 110 valence electrons. The van der Waals surface area contributed by atoms with E-state index in [-0.39, 0.29) is 29.4 Å². The highest BCUT2D eigenvalue weighted by Crippen LogP contribution is 2.34.